The number of hydrogen-bond acceptors (Lipinski definition) is 1. The first kappa shape index (κ1) is 14.2. The molecule has 0 radical (unpaired) electrons. The molecule has 0 saturated heterocycles. The molecule has 0 aliphatic heterocycles. The Morgan fingerprint density at radius 3 is 1.50 bits per heavy atom. The van der Waals surface area contributed by atoms with E-state index >= 15 is 0 Å². The van der Waals surface area contributed by atoms with E-state index in [9.17, 15) is 4.79 Å². The van der Waals surface area contributed by atoms with E-state index in [1.165, 1.54) is 32.1 Å². The van der Waals surface area contributed by atoms with E-state index < -0.39 is 0 Å². The van der Waals surface area contributed by atoms with Gasteiger partial charge in [-0.3, -0.25) is 0 Å². The zero-order valence-electron chi connectivity index (χ0n) is 9.10. The summed E-state index contributed by atoms with van der Waals surface area (Å²) in [5.74, 6) is 0.204. The van der Waals surface area contributed by atoms with Crippen molar-refractivity contribution in [1.82, 2.24) is 0 Å². The average molecular weight is 172 g/mol. The molecule has 0 aliphatic carbocycles. The van der Waals surface area contributed by atoms with Gasteiger partial charge in [-0.2, -0.15) is 0 Å². The summed E-state index contributed by atoms with van der Waals surface area (Å²) < 4.78 is 0. The molecule has 1 nitrogen and oxygen atoms in total. The van der Waals surface area contributed by atoms with Crippen molar-refractivity contribution in [3.05, 3.63) is 0 Å². The van der Waals surface area contributed by atoms with Crippen LogP contribution in [0.2, 0.25) is 0 Å². The SMILES string of the molecule is CC(C)C=O.CCCCCCC. The molecule has 0 aromatic carbocycles. The van der Waals surface area contributed by atoms with Gasteiger partial charge < -0.3 is 4.79 Å². The smallest absolute Gasteiger partial charge is 0.122 e. The van der Waals surface area contributed by atoms with Gasteiger partial charge in [-0.1, -0.05) is 59.8 Å². The van der Waals surface area contributed by atoms with Gasteiger partial charge in [-0.25, -0.2) is 0 Å². The number of carbonyl (C=O) groups excluding carboxylic acids is 1. The summed E-state index contributed by atoms with van der Waals surface area (Å²) in [5, 5.41) is 0. The summed E-state index contributed by atoms with van der Waals surface area (Å²) in [7, 11) is 0. The summed E-state index contributed by atoms with van der Waals surface area (Å²) in [6, 6.07) is 0. The molecule has 0 heterocycles. The maximum atomic E-state index is 9.50. The molecule has 1 heteroatoms. The largest absolute Gasteiger partial charge is 0.303 e. The van der Waals surface area contributed by atoms with Gasteiger partial charge in [0.25, 0.3) is 0 Å². The Kier molecular flexibility index (Phi) is 15.7. The predicted molar refractivity (Wildman–Crippen MR) is 55.3 cm³/mol. The van der Waals surface area contributed by atoms with Crippen LogP contribution in [-0.2, 0) is 4.79 Å². The first-order valence-corrected chi connectivity index (χ1v) is 5.14. The average Bonchev–Trinajstić information content (AvgIpc) is 2.07. The van der Waals surface area contributed by atoms with Crippen molar-refractivity contribution >= 4 is 6.29 Å². The fourth-order valence-electron chi connectivity index (χ4n) is 0.677. The zero-order valence-corrected chi connectivity index (χ0v) is 9.10. The van der Waals surface area contributed by atoms with Crippen molar-refractivity contribution in [3.63, 3.8) is 0 Å². The second-order valence-electron chi connectivity index (χ2n) is 3.44. The molecular formula is C11H24O. The molecule has 0 N–H and O–H groups in total. The standard InChI is InChI=1S/C7H16.C4H8O/c1-3-5-7-6-4-2;1-4(2)3-5/h3-7H2,1-2H3;3-4H,1-2H3. The first-order valence-electron chi connectivity index (χ1n) is 5.14. The lowest BCUT2D eigenvalue weighted by atomic mass is 10.2. The summed E-state index contributed by atoms with van der Waals surface area (Å²) in [5.41, 5.74) is 0. The Morgan fingerprint density at radius 1 is 1.00 bits per heavy atom. The van der Waals surface area contributed by atoms with Gasteiger partial charge in [0.15, 0.2) is 0 Å². The number of aldehydes is 1. The van der Waals surface area contributed by atoms with Gasteiger partial charge in [0.1, 0.15) is 6.29 Å². The maximum Gasteiger partial charge on any atom is 0.122 e. The summed E-state index contributed by atoms with van der Waals surface area (Å²) in [6.07, 6.45) is 7.93. The van der Waals surface area contributed by atoms with Crippen LogP contribution >= 0.6 is 0 Å². The lowest BCUT2D eigenvalue weighted by Crippen LogP contribution is -1.82. The van der Waals surface area contributed by atoms with Crippen LogP contribution in [0.15, 0.2) is 0 Å². The highest BCUT2D eigenvalue weighted by Crippen LogP contribution is 2.00. The van der Waals surface area contributed by atoms with Crippen molar-refractivity contribution in [3.8, 4) is 0 Å². The predicted octanol–water partition coefficient (Wildman–Crippen LogP) is 3.82. The van der Waals surface area contributed by atoms with Crippen LogP contribution in [0.25, 0.3) is 0 Å². The molecule has 0 rings (SSSR count). The Bertz CT molecular complexity index is 73.1. The highest BCUT2D eigenvalue weighted by Gasteiger charge is 1.80. The van der Waals surface area contributed by atoms with Crippen LogP contribution in [0, 0.1) is 5.92 Å². The molecule has 0 atom stereocenters. The van der Waals surface area contributed by atoms with Crippen molar-refractivity contribution in [2.45, 2.75) is 59.8 Å². The third-order valence-electron chi connectivity index (χ3n) is 1.48. The van der Waals surface area contributed by atoms with Crippen LogP contribution in [0.4, 0.5) is 0 Å². The fourth-order valence-corrected chi connectivity index (χ4v) is 0.677. The molecular weight excluding hydrogens is 148 g/mol. The Hall–Kier alpha value is -0.330. The molecule has 0 aliphatic rings. The molecule has 0 fully saturated rings. The summed E-state index contributed by atoms with van der Waals surface area (Å²) in [6.45, 7) is 8.20. The number of hydrogen-bond donors (Lipinski definition) is 0. The van der Waals surface area contributed by atoms with Crippen molar-refractivity contribution < 1.29 is 4.79 Å². The lowest BCUT2D eigenvalue weighted by molar-refractivity contribution is -0.110. The molecule has 0 aromatic rings. The van der Waals surface area contributed by atoms with Gasteiger partial charge >= 0.3 is 0 Å². The van der Waals surface area contributed by atoms with Gasteiger partial charge in [-0.05, 0) is 0 Å². The van der Waals surface area contributed by atoms with Gasteiger partial charge in [0, 0.05) is 5.92 Å². The van der Waals surface area contributed by atoms with E-state index in [0.29, 0.717) is 0 Å². The normalized spacial score (nSPS) is 9.08. The minimum atomic E-state index is 0.204. The number of carbonyl (C=O) groups is 1. The molecule has 0 saturated carbocycles. The maximum absolute atomic E-state index is 9.50. The van der Waals surface area contributed by atoms with Crippen LogP contribution in [0.5, 0.6) is 0 Å². The van der Waals surface area contributed by atoms with E-state index in [1.807, 2.05) is 13.8 Å². The number of unbranched alkanes of at least 4 members (excludes halogenated alkanes) is 4. The molecule has 74 valence electrons. The lowest BCUT2D eigenvalue weighted by Gasteiger charge is -1.90. The van der Waals surface area contributed by atoms with Crippen molar-refractivity contribution in [1.29, 1.82) is 0 Å². The number of rotatable bonds is 5. The van der Waals surface area contributed by atoms with Gasteiger partial charge in [-0.15, -0.1) is 0 Å². The monoisotopic (exact) mass is 172 g/mol. The molecule has 0 spiro atoms. The van der Waals surface area contributed by atoms with E-state index in [1.54, 1.807) is 0 Å². The molecule has 0 aromatic heterocycles. The minimum absolute atomic E-state index is 0.204. The fraction of sp³-hybridized carbons (Fsp3) is 0.909. The van der Waals surface area contributed by atoms with E-state index in [0.717, 1.165) is 6.29 Å². The van der Waals surface area contributed by atoms with Crippen molar-refractivity contribution in [2.75, 3.05) is 0 Å². The topological polar surface area (TPSA) is 17.1 Å². The van der Waals surface area contributed by atoms with E-state index in [4.69, 9.17) is 0 Å². The van der Waals surface area contributed by atoms with E-state index in [-0.39, 0.29) is 5.92 Å². The molecule has 12 heavy (non-hydrogen) atoms. The van der Waals surface area contributed by atoms with E-state index in [2.05, 4.69) is 13.8 Å². The van der Waals surface area contributed by atoms with Crippen LogP contribution < -0.4 is 0 Å². The van der Waals surface area contributed by atoms with Crippen LogP contribution in [0.3, 0.4) is 0 Å². The van der Waals surface area contributed by atoms with Crippen LogP contribution in [-0.4, -0.2) is 6.29 Å². The summed E-state index contributed by atoms with van der Waals surface area (Å²) in [4.78, 5) is 9.50. The highest BCUT2D eigenvalue weighted by molar-refractivity contribution is 5.51. The van der Waals surface area contributed by atoms with Gasteiger partial charge in [0.2, 0.25) is 0 Å². The van der Waals surface area contributed by atoms with Gasteiger partial charge in [0.05, 0.1) is 0 Å². The summed E-state index contributed by atoms with van der Waals surface area (Å²) >= 11 is 0. The minimum Gasteiger partial charge on any atom is -0.303 e. The van der Waals surface area contributed by atoms with Crippen LogP contribution in [0.1, 0.15) is 59.8 Å². The third-order valence-corrected chi connectivity index (χ3v) is 1.48. The Balaban J connectivity index is 0. The zero-order chi connectivity index (χ0) is 9.82. The molecule has 0 bridgehead atoms. The third kappa shape index (κ3) is 22.6. The first-order chi connectivity index (χ1) is 5.68. The quantitative estimate of drug-likeness (QED) is 0.455. The molecule has 0 unspecified atom stereocenters. The molecule has 0 amide bonds. The second-order valence-corrected chi connectivity index (χ2v) is 3.44. The Labute approximate surface area is 77.6 Å². The second kappa shape index (κ2) is 13.3. The van der Waals surface area contributed by atoms with Crippen molar-refractivity contribution in [2.24, 2.45) is 5.92 Å². The Morgan fingerprint density at radius 2 is 1.33 bits per heavy atom. The highest BCUT2D eigenvalue weighted by atomic mass is 16.1.